The Kier molecular flexibility index (Phi) is 4.61. The first kappa shape index (κ1) is 14.6. The minimum Gasteiger partial charge on any atom is -0.307 e. The number of carbonyl (C=O) groups excluding carboxylic acids is 1. The largest absolute Gasteiger partial charge is 0.339 e. The average molecular weight is 289 g/mol. The van der Waals surface area contributed by atoms with Crippen LogP contribution in [0.3, 0.4) is 0 Å². The molecule has 0 aliphatic rings. The predicted octanol–water partition coefficient (Wildman–Crippen LogP) is 3.51. The van der Waals surface area contributed by atoms with Crippen LogP contribution in [0.1, 0.15) is 12.5 Å². The van der Waals surface area contributed by atoms with Crippen LogP contribution in [-0.2, 0) is 0 Å². The minimum atomic E-state index is -0.962. The van der Waals surface area contributed by atoms with Crippen molar-refractivity contribution in [1.82, 2.24) is 5.43 Å². The second-order valence-corrected chi connectivity index (χ2v) is 4.26. The number of hydrazone groups is 1. The van der Waals surface area contributed by atoms with Crippen molar-refractivity contribution in [1.29, 1.82) is 0 Å². The Morgan fingerprint density at radius 2 is 1.76 bits per heavy atom. The lowest BCUT2D eigenvalue weighted by Crippen LogP contribution is -2.25. The summed E-state index contributed by atoms with van der Waals surface area (Å²) in [4.78, 5) is 11.6. The zero-order chi connectivity index (χ0) is 15.2. The van der Waals surface area contributed by atoms with Gasteiger partial charge in [-0.3, -0.25) is 0 Å². The summed E-state index contributed by atoms with van der Waals surface area (Å²) < 4.78 is 25.9. The molecule has 0 fully saturated rings. The van der Waals surface area contributed by atoms with Gasteiger partial charge in [-0.15, -0.1) is 0 Å². The van der Waals surface area contributed by atoms with Crippen LogP contribution in [0, 0.1) is 11.6 Å². The number of benzene rings is 2. The third kappa shape index (κ3) is 4.10. The van der Waals surface area contributed by atoms with E-state index >= 15 is 0 Å². The van der Waals surface area contributed by atoms with Crippen molar-refractivity contribution in [2.24, 2.45) is 5.10 Å². The lowest BCUT2D eigenvalue weighted by Gasteiger charge is -2.05. The zero-order valence-electron chi connectivity index (χ0n) is 11.2. The number of hydrogen-bond donors (Lipinski definition) is 2. The summed E-state index contributed by atoms with van der Waals surface area (Å²) in [6.45, 7) is 1.58. The standard InChI is InChI=1S/C15H13F2N3O/c1-10(11-7-8-13(16)14(17)9-11)19-20-15(21)18-12-5-3-2-4-6-12/h2-9H,1H3,(H2,18,20,21)/b19-10+. The molecule has 2 aromatic rings. The zero-order valence-corrected chi connectivity index (χ0v) is 11.2. The number of nitrogens with one attached hydrogen (secondary N) is 2. The molecule has 2 rings (SSSR count). The highest BCUT2D eigenvalue weighted by Crippen LogP contribution is 2.09. The molecule has 0 spiro atoms. The fourth-order valence-electron chi connectivity index (χ4n) is 1.60. The molecule has 21 heavy (non-hydrogen) atoms. The van der Waals surface area contributed by atoms with E-state index in [-0.39, 0.29) is 0 Å². The number of halogens is 2. The van der Waals surface area contributed by atoms with Crippen LogP contribution in [0.15, 0.2) is 53.6 Å². The molecule has 108 valence electrons. The molecule has 2 N–H and O–H groups in total. The van der Waals surface area contributed by atoms with Crippen LogP contribution in [0.25, 0.3) is 0 Å². The van der Waals surface area contributed by atoms with Crippen LogP contribution in [-0.4, -0.2) is 11.7 Å². The van der Waals surface area contributed by atoms with Gasteiger partial charge in [0.05, 0.1) is 5.71 Å². The van der Waals surface area contributed by atoms with Crippen molar-refractivity contribution < 1.29 is 13.6 Å². The Hall–Kier alpha value is -2.76. The summed E-state index contributed by atoms with van der Waals surface area (Å²) in [5, 5.41) is 6.40. The van der Waals surface area contributed by atoms with E-state index in [0.717, 1.165) is 12.1 Å². The summed E-state index contributed by atoms with van der Waals surface area (Å²) in [5.74, 6) is -1.89. The number of anilines is 1. The minimum absolute atomic E-state index is 0.358. The number of urea groups is 1. The summed E-state index contributed by atoms with van der Waals surface area (Å²) in [5.41, 5.74) is 3.65. The Balaban J connectivity index is 1.99. The smallest absolute Gasteiger partial charge is 0.307 e. The van der Waals surface area contributed by atoms with Crippen LogP contribution in [0.4, 0.5) is 19.3 Å². The summed E-state index contributed by atoms with van der Waals surface area (Å²) in [7, 11) is 0. The molecule has 0 heterocycles. The van der Waals surface area contributed by atoms with Crippen LogP contribution >= 0.6 is 0 Å². The molecule has 2 aromatic carbocycles. The van der Waals surface area contributed by atoms with Crippen molar-refractivity contribution in [3.8, 4) is 0 Å². The van der Waals surface area contributed by atoms with Gasteiger partial charge in [-0.2, -0.15) is 5.10 Å². The highest BCUT2D eigenvalue weighted by atomic mass is 19.2. The van der Waals surface area contributed by atoms with Gasteiger partial charge in [0, 0.05) is 11.3 Å². The molecule has 0 aliphatic carbocycles. The highest BCUT2D eigenvalue weighted by Gasteiger charge is 2.05. The maximum atomic E-state index is 13.1. The lowest BCUT2D eigenvalue weighted by molar-refractivity contribution is 0.252. The molecule has 4 nitrogen and oxygen atoms in total. The van der Waals surface area contributed by atoms with Crippen LogP contribution in [0.2, 0.25) is 0 Å². The van der Waals surface area contributed by atoms with E-state index in [4.69, 9.17) is 0 Å². The first-order valence-electron chi connectivity index (χ1n) is 6.18. The molecule has 0 saturated carbocycles. The van der Waals surface area contributed by atoms with Gasteiger partial charge >= 0.3 is 6.03 Å². The quantitative estimate of drug-likeness (QED) is 0.659. The van der Waals surface area contributed by atoms with Gasteiger partial charge in [0.25, 0.3) is 0 Å². The molecule has 0 aromatic heterocycles. The fraction of sp³-hybridized carbons (Fsp3) is 0.0667. The van der Waals surface area contributed by atoms with E-state index in [1.54, 1.807) is 31.2 Å². The number of amides is 2. The van der Waals surface area contributed by atoms with Crippen molar-refractivity contribution in [3.63, 3.8) is 0 Å². The maximum absolute atomic E-state index is 13.1. The molecule has 0 saturated heterocycles. The van der Waals surface area contributed by atoms with Gasteiger partial charge in [0.1, 0.15) is 0 Å². The van der Waals surface area contributed by atoms with E-state index in [1.807, 2.05) is 6.07 Å². The van der Waals surface area contributed by atoms with Crippen LogP contribution < -0.4 is 10.7 Å². The third-order valence-electron chi connectivity index (χ3n) is 2.69. The first-order valence-corrected chi connectivity index (χ1v) is 6.18. The number of rotatable bonds is 3. The van der Waals surface area contributed by atoms with E-state index in [9.17, 15) is 13.6 Å². The Morgan fingerprint density at radius 1 is 1.05 bits per heavy atom. The average Bonchev–Trinajstić information content (AvgIpc) is 2.48. The van der Waals surface area contributed by atoms with Crippen molar-refractivity contribution in [2.45, 2.75) is 6.92 Å². The number of para-hydroxylation sites is 1. The summed E-state index contributed by atoms with van der Waals surface area (Å²) in [6.07, 6.45) is 0. The van der Waals surface area contributed by atoms with Gasteiger partial charge in [0.15, 0.2) is 11.6 Å². The van der Waals surface area contributed by atoms with E-state index in [2.05, 4.69) is 15.8 Å². The molecular weight excluding hydrogens is 276 g/mol. The third-order valence-corrected chi connectivity index (χ3v) is 2.69. The second-order valence-electron chi connectivity index (χ2n) is 4.26. The molecule has 0 radical (unpaired) electrons. The summed E-state index contributed by atoms with van der Waals surface area (Å²) >= 11 is 0. The molecule has 0 bridgehead atoms. The van der Waals surface area contributed by atoms with Gasteiger partial charge in [-0.1, -0.05) is 18.2 Å². The Bertz CT molecular complexity index is 672. The van der Waals surface area contributed by atoms with Gasteiger partial charge < -0.3 is 5.32 Å². The Labute approximate surface area is 120 Å². The molecule has 0 aliphatic heterocycles. The molecule has 0 atom stereocenters. The van der Waals surface area contributed by atoms with E-state index in [0.29, 0.717) is 17.0 Å². The van der Waals surface area contributed by atoms with Gasteiger partial charge in [0.2, 0.25) is 0 Å². The molecule has 6 heteroatoms. The van der Waals surface area contributed by atoms with Crippen molar-refractivity contribution in [3.05, 3.63) is 65.7 Å². The van der Waals surface area contributed by atoms with Gasteiger partial charge in [-0.25, -0.2) is 19.0 Å². The fourth-order valence-corrected chi connectivity index (χ4v) is 1.60. The van der Waals surface area contributed by atoms with Crippen LogP contribution in [0.5, 0.6) is 0 Å². The normalized spacial score (nSPS) is 11.1. The second kappa shape index (κ2) is 6.60. The van der Waals surface area contributed by atoms with Gasteiger partial charge in [-0.05, 0) is 37.3 Å². The maximum Gasteiger partial charge on any atom is 0.339 e. The highest BCUT2D eigenvalue weighted by molar-refractivity contribution is 5.99. The van der Waals surface area contributed by atoms with E-state index in [1.165, 1.54) is 6.07 Å². The lowest BCUT2D eigenvalue weighted by atomic mass is 10.1. The number of nitrogens with zero attached hydrogens (tertiary/aromatic N) is 1. The van der Waals surface area contributed by atoms with E-state index < -0.39 is 17.7 Å². The molecular formula is C15H13F2N3O. The number of hydrogen-bond acceptors (Lipinski definition) is 2. The SMILES string of the molecule is C/C(=N\NC(=O)Nc1ccccc1)c1ccc(F)c(F)c1. The summed E-state index contributed by atoms with van der Waals surface area (Å²) in [6, 6.07) is 11.7. The Morgan fingerprint density at radius 3 is 2.43 bits per heavy atom. The van der Waals surface area contributed by atoms with Crippen molar-refractivity contribution >= 4 is 17.4 Å². The topological polar surface area (TPSA) is 53.5 Å². The monoisotopic (exact) mass is 289 g/mol. The molecule has 2 amide bonds. The predicted molar refractivity (Wildman–Crippen MR) is 77.2 cm³/mol. The molecule has 0 unspecified atom stereocenters. The van der Waals surface area contributed by atoms with Crippen molar-refractivity contribution in [2.75, 3.05) is 5.32 Å². The first-order chi connectivity index (χ1) is 10.1. The number of carbonyl (C=O) groups is 1.